The molecule has 19 heavy (non-hydrogen) atoms. The van der Waals surface area contributed by atoms with Crippen LogP contribution in [0.2, 0.25) is 0 Å². The number of hydrogen-bond acceptors (Lipinski definition) is 4. The summed E-state index contributed by atoms with van der Waals surface area (Å²) in [7, 11) is 0. The number of nitrogens with one attached hydrogen (secondary N) is 1. The van der Waals surface area contributed by atoms with Gasteiger partial charge in [0.25, 0.3) is 0 Å². The Morgan fingerprint density at radius 2 is 2.00 bits per heavy atom. The van der Waals surface area contributed by atoms with Crippen LogP contribution in [0.4, 0.5) is 0 Å². The molecule has 1 heterocycles. The van der Waals surface area contributed by atoms with Gasteiger partial charge in [-0.2, -0.15) is 0 Å². The SMILES string of the molecule is CCCCOCCOCc1occc1CNC(C)C. The summed E-state index contributed by atoms with van der Waals surface area (Å²) in [6.45, 7) is 9.84. The highest BCUT2D eigenvalue weighted by atomic mass is 16.5. The van der Waals surface area contributed by atoms with Crippen molar-refractivity contribution in [2.45, 2.75) is 52.8 Å². The highest BCUT2D eigenvalue weighted by molar-refractivity contribution is 5.16. The van der Waals surface area contributed by atoms with Crippen LogP contribution in [-0.4, -0.2) is 25.9 Å². The molecule has 0 atom stereocenters. The van der Waals surface area contributed by atoms with E-state index in [1.165, 1.54) is 12.0 Å². The van der Waals surface area contributed by atoms with E-state index in [1.807, 2.05) is 6.07 Å². The number of furan rings is 1. The van der Waals surface area contributed by atoms with Crippen molar-refractivity contribution in [1.29, 1.82) is 0 Å². The molecule has 1 rings (SSSR count). The van der Waals surface area contributed by atoms with E-state index in [2.05, 4.69) is 26.1 Å². The van der Waals surface area contributed by atoms with Crippen molar-refractivity contribution in [3.8, 4) is 0 Å². The smallest absolute Gasteiger partial charge is 0.133 e. The molecule has 0 unspecified atom stereocenters. The van der Waals surface area contributed by atoms with E-state index in [4.69, 9.17) is 13.9 Å². The molecule has 0 radical (unpaired) electrons. The van der Waals surface area contributed by atoms with Gasteiger partial charge in [0.05, 0.1) is 19.5 Å². The minimum Gasteiger partial charge on any atom is -0.467 e. The van der Waals surface area contributed by atoms with Gasteiger partial charge >= 0.3 is 0 Å². The highest BCUT2D eigenvalue weighted by Gasteiger charge is 2.06. The zero-order chi connectivity index (χ0) is 13.9. The first kappa shape index (κ1) is 16.2. The molecule has 1 aromatic heterocycles. The molecule has 110 valence electrons. The number of ether oxygens (including phenoxy) is 2. The first-order chi connectivity index (χ1) is 9.24. The Labute approximate surface area is 116 Å². The number of rotatable bonds is 11. The molecule has 0 aromatic carbocycles. The minimum absolute atomic E-state index is 0.468. The molecule has 0 amide bonds. The Morgan fingerprint density at radius 1 is 1.21 bits per heavy atom. The van der Waals surface area contributed by atoms with Gasteiger partial charge in [-0.25, -0.2) is 0 Å². The van der Waals surface area contributed by atoms with Crippen LogP contribution in [0.3, 0.4) is 0 Å². The summed E-state index contributed by atoms with van der Waals surface area (Å²) in [5.74, 6) is 0.904. The van der Waals surface area contributed by atoms with Gasteiger partial charge in [-0.15, -0.1) is 0 Å². The molecule has 0 fully saturated rings. The van der Waals surface area contributed by atoms with E-state index in [9.17, 15) is 0 Å². The van der Waals surface area contributed by atoms with Crippen LogP contribution in [0.15, 0.2) is 16.7 Å². The standard InChI is InChI=1S/C15H27NO3/c1-4-5-7-17-9-10-18-12-15-14(6-8-19-15)11-16-13(2)3/h6,8,13,16H,4-5,7,9-12H2,1-3H3. The van der Waals surface area contributed by atoms with Crippen molar-refractivity contribution in [2.75, 3.05) is 19.8 Å². The van der Waals surface area contributed by atoms with Crippen LogP contribution < -0.4 is 5.32 Å². The third kappa shape index (κ3) is 7.35. The average molecular weight is 269 g/mol. The normalized spacial score (nSPS) is 11.4. The second-order valence-electron chi connectivity index (χ2n) is 4.92. The fraction of sp³-hybridized carbons (Fsp3) is 0.733. The van der Waals surface area contributed by atoms with Gasteiger partial charge in [0.2, 0.25) is 0 Å². The van der Waals surface area contributed by atoms with Gasteiger partial charge < -0.3 is 19.2 Å². The van der Waals surface area contributed by atoms with Crippen molar-refractivity contribution >= 4 is 0 Å². The monoisotopic (exact) mass is 269 g/mol. The second kappa shape index (κ2) is 10.0. The van der Waals surface area contributed by atoms with Crippen molar-refractivity contribution in [3.05, 3.63) is 23.7 Å². The van der Waals surface area contributed by atoms with E-state index in [-0.39, 0.29) is 0 Å². The molecule has 1 N–H and O–H groups in total. The van der Waals surface area contributed by atoms with Crippen LogP contribution in [-0.2, 0) is 22.6 Å². The fourth-order valence-electron chi connectivity index (χ4n) is 1.60. The van der Waals surface area contributed by atoms with Crippen molar-refractivity contribution in [3.63, 3.8) is 0 Å². The van der Waals surface area contributed by atoms with Crippen molar-refractivity contribution < 1.29 is 13.9 Å². The summed E-state index contributed by atoms with van der Waals surface area (Å²) in [5, 5.41) is 3.37. The van der Waals surface area contributed by atoms with E-state index < -0.39 is 0 Å². The van der Waals surface area contributed by atoms with Gasteiger partial charge in [0, 0.05) is 24.8 Å². The van der Waals surface area contributed by atoms with Crippen molar-refractivity contribution in [2.24, 2.45) is 0 Å². The first-order valence-electron chi connectivity index (χ1n) is 7.18. The summed E-state index contributed by atoms with van der Waals surface area (Å²) in [4.78, 5) is 0. The van der Waals surface area contributed by atoms with Crippen LogP contribution >= 0.6 is 0 Å². The molecule has 0 aliphatic heterocycles. The molecule has 0 saturated heterocycles. The Hall–Kier alpha value is -0.840. The largest absolute Gasteiger partial charge is 0.467 e. The third-order valence-corrected chi connectivity index (χ3v) is 2.79. The summed E-state index contributed by atoms with van der Waals surface area (Å²) in [6, 6.07) is 2.46. The maximum absolute atomic E-state index is 5.56. The molecular formula is C15H27NO3. The molecule has 0 bridgehead atoms. The lowest BCUT2D eigenvalue weighted by molar-refractivity contribution is 0.0336. The predicted octanol–water partition coefficient (Wildman–Crippen LogP) is 3.11. The van der Waals surface area contributed by atoms with Crippen LogP contribution in [0, 0.1) is 0 Å². The van der Waals surface area contributed by atoms with E-state index >= 15 is 0 Å². The van der Waals surface area contributed by atoms with Crippen LogP contribution in [0.25, 0.3) is 0 Å². The molecule has 0 spiro atoms. The van der Waals surface area contributed by atoms with Gasteiger partial charge in [-0.3, -0.25) is 0 Å². The maximum atomic E-state index is 5.56. The number of hydrogen-bond donors (Lipinski definition) is 1. The Bertz CT molecular complexity index is 323. The van der Waals surface area contributed by atoms with Gasteiger partial charge in [0.15, 0.2) is 0 Å². The lowest BCUT2D eigenvalue weighted by atomic mass is 10.2. The Kier molecular flexibility index (Phi) is 8.54. The fourth-order valence-corrected chi connectivity index (χ4v) is 1.60. The van der Waals surface area contributed by atoms with Crippen molar-refractivity contribution in [1.82, 2.24) is 5.32 Å². The summed E-state index contributed by atoms with van der Waals surface area (Å²) in [6.07, 6.45) is 4.00. The summed E-state index contributed by atoms with van der Waals surface area (Å²) in [5.41, 5.74) is 1.17. The Balaban J connectivity index is 2.13. The zero-order valence-electron chi connectivity index (χ0n) is 12.4. The summed E-state index contributed by atoms with van der Waals surface area (Å²) < 4.78 is 16.4. The quantitative estimate of drug-likeness (QED) is 0.627. The molecule has 0 saturated carbocycles. The predicted molar refractivity (Wildman–Crippen MR) is 76.1 cm³/mol. The molecule has 4 nitrogen and oxygen atoms in total. The molecule has 1 aromatic rings. The Morgan fingerprint density at radius 3 is 2.74 bits per heavy atom. The molecule has 4 heteroatoms. The van der Waals surface area contributed by atoms with E-state index in [1.54, 1.807) is 6.26 Å². The zero-order valence-corrected chi connectivity index (χ0v) is 12.4. The van der Waals surface area contributed by atoms with Gasteiger partial charge in [-0.05, 0) is 12.5 Å². The van der Waals surface area contributed by atoms with Crippen LogP contribution in [0.1, 0.15) is 44.9 Å². The maximum Gasteiger partial charge on any atom is 0.133 e. The van der Waals surface area contributed by atoms with Gasteiger partial charge in [-0.1, -0.05) is 27.2 Å². The van der Waals surface area contributed by atoms with Gasteiger partial charge in [0.1, 0.15) is 12.4 Å². The summed E-state index contributed by atoms with van der Waals surface area (Å²) >= 11 is 0. The first-order valence-corrected chi connectivity index (χ1v) is 7.18. The molecule has 0 aliphatic rings. The van der Waals surface area contributed by atoms with Crippen LogP contribution in [0.5, 0.6) is 0 Å². The van der Waals surface area contributed by atoms with E-state index in [0.29, 0.717) is 25.9 Å². The minimum atomic E-state index is 0.468. The number of unbranched alkanes of at least 4 members (excludes halogenated alkanes) is 1. The highest BCUT2D eigenvalue weighted by Crippen LogP contribution is 2.11. The molecular weight excluding hydrogens is 242 g/mol. The lowest BCUT2D eigenvalue weighted by Gasteiger charge is -2.08. The lowest BCUT2D eigenvalue weighted by Crippen LogP contribution is -2.22. The topological polar surface area (TPSA) is 43.6 Å². The van der Waals surface area contributed by atoms with E-state index in [0.717, 1.165) is 25.3 Å². The average Bonchev–Trinajstić information content (AvgIpc) is 2.83. The third-order valence-electron chi connectivity index (χ3n) is 2.79. The second-order valence-corrected chi connectivity index (χ2v) is 4.92. The molecule has 0 aliphatic carbocycles.